The molecule has 0 unspecified atom stereocenters. The van der Waals surface area contributed by atoms with Gasteiger partial charge in [-0.15, -0.1) is 5.48 Å². The Morgan fingerprint density at radius 1 is 1.20 bits per heavy atom. The Balaban J connectivity index is 3.35. The monoisotopic (exact) mass is 149 g/mol. The van der Waals surface area contributed by atoms with Crippen LogP contribution < -0.4 is 5.48 Å². The highest BCUT2D eigenvalue weighted by Gasteiger charge is 2.03. The summed E-state index contributed by atoms with van der Waals surface area (Å²) in [4.78, 5) is 24.2. The molecule has 0 aliphatic rings. The summed E-state index contributed by atoms with van der Waals surface area (Å²) in [5, 5.41) is 0. The summed E-state index contributed by atoms with van der Waals surface area (Å²) in [5.41, 5.74) is 1.65. The molecule has 0 saturated heterocycles. The number of nitrogens with one attached hydrogen (secondary N) is 1. The van der Waals surface area contributed by atoms with Crippen molar-refractivity contribution < 1.29 is 23.9 Å². The lowest BCUT2D eigenvalue weighted by atomic mass is 11.2. The number of hydrogen-bond donors (Lipinski definition) is 1. The third kappa shape index (κ3) is 3.53. The van der Waals surface area contributed by atoms with Gasteiger partial charge in [0.15, 0.2) is 0 Å². The van der Waals surface area contributed by atoms with Crippen molar-refractivity contribution in [2.24, 2.45) is 0 Å². The van der Waals surface area contributed by atoms with E-state index >= 15 is 0 Å². The molecule has 0 aromatic rings. The molecule has 10 heavy (non-hydrogen) atoms. The van der Waals surface area contributed by atoms with E-state index in [9.17, 15) is 9.59 Å². The van der Waals surface area contributed by atoms with Crippen LogP contribution in [0.15, 0.2) is 0 Å². The number of hydroxylamine groups is 1. The highest BCUT2D eigenvalue weighted by Crippen LogP contribution is 1.77. The van der Waals surface area contributed by atoms with Gasteiger partial charge in [0.25, 0.3) is 0 Å². The lowest BCUT2D eigenvalue weighted by Crippen LogP contribution is -2.26. The summed E-state index contributed by atoms with van der Waals surface area (Å²) >= 11 is 0. The standard InChI is InChI=1S/C4H7NO5/c1-8-3(6)5-10-4(7)9-2/h1-2H3,(H,5,6). The molecule has 0 aliphatic heterocycles. The zero-order chi connectivity index (χ0) is 7.98. The van der Waals surface area contributed by atoms with Crippen molar-refractivity contribution in [2.45, 2.75) is 0 Å². The molecule has 58 valence electrons. The number of amides is 1. The van der Waals surface area contributed by atoms with Gasteiger partial charge in [0.05, 0.1) is 14.2 Å². The molecule has 0 heterocycles. The normalized spacial score (nSPS) is 7.80. The highest BCUT2D eigenvalue weighted by molar-refractivity contribution is 5.68. The van der Waals surface area contributed by atoms with Crippen molar-refractivity contribution in [2.75, 3.05) is 14.2 Å². The van der Waals surface area contributed by atoms with Gasteiger partial charge in [-0.1, -0.05) is 0 Å². The van der Waals surface area contributed by atoms with Crippen molar-refractivity contribution >= 4 is 12.2 Å². The number of hydrogen-bond acceptors (Lipinski definition) is 5. The summed E-state index contributed by atoms with van der Waals surface area (Å²) in [6.45, 7) is 0. The molecule has 6 nitrogen and oxygen atoms in total. The molecule has 1 N–H and O–H groups in total. The van der Waals surface area contributed by atoms with E-state index in [4.69, 9.17) is 0 Å². The minimum Gasteiger partial charge on any atom is -0.451 e. The lowest BCUT2D eigenvalue weighted by Gasteiger charge is -2.00. The number of carbonyl (C=O) groups excluding carboxylic acids is 2. The number of methoxy groups -OCH3 is 2. The molecule has 0 fully saturated rings. The summed E-state index contributed by atoms with van der Waals surface area (Å²) in [6.07, 6.45) is -1.88. The Morgan fingerprint density at radius 2 is 1.80 bits per heavy atom. The second-order valence-electron chi connectivity index (χ2n) is 1.15. The predicted molar refractivity (Wildman–Crippen MR) is 29.0 cm³/mol. The topological polar surface area (TPSA) is 73.9 Å². The van der Waals surface area contributed by atoms with Crippen molar-refractivity contribution in [3.63, 3.8) is 0 Å². The van der Waals surface area contributed by atoms with Crippen LogP contribution in [0.1, 0.15) is 0 Å². The van der Waals surface area contributed by atoms with Crippen LogP contribution in [0.25, 0.3) is 0 Å². The van der Waals surface area contributed by atoms with Crippen LogP contribution in [0.5, 0.6) is 0 Å². The van der Waals surface area contributed by atoms with E-state index in [0.717, 1.165) is 14.2 Å². The van der Waals surface area contributed by atoms with Gasteiger partial charge in [0.1, 0.15) is 0 Å². The van der Waals surface area contributed by atoms with Crippen molar-refractivity contribution in [1.82, 2.24) is 5.48 Å². The van der Waals surface area contributed by atoms with Gasteiger partial charge in [-0.05, 0) is 0 Å². The van der Waals surface area contributed by atoms with Crippen molar-refractivity contribution in [3.8, 4) is 0 Å². The molecule has 0 bridgehead atoms. The quantitative estimate of drug-likeness (QED) is 0.388. The maximum atomic E-state index is 10.2. The van der Waals surface area contributed by atoms with Crippen molar-refractivity contribution in [1.29, 1.82) is 0 Å². The first kappa shape index (κ1) is 8.54. The van der Waals surface area contributed by atoms with E-state index in [0.29, 0.717) is 0 Å². The fourth-order valence-electron chi connectivity index (χ4n) is 0.167. The summed E-state index contributed by atoms with van der Waals surface area (Å²) < 4.78 is 8.08. The zero-order valence-electron chi connectivity index (χ0n) is 5.54. The number of ether oxygens (including phenoxy) is 2. The average molecular weight is 149 g/mol. The largest absolute Gasteiger partial charge is 0.533 e. The molecule has 0 rings (SSSR count). The SMILES string of the molecule is COC(=O)NOC(=O)OC. The summed E-state index contributed by atoms with van der Waals surface area (Å²) in [7, 11) is 2.25. The maximum absolute atomic E-state index is 10.2. The molecule has 0 radical (unpaired) electrons. The first-order valence-electron chi connectivity index (χ1n) is 2.29. The first-order valence-corrected chi connectivity index (χ1v) is 2.29. The van der Waals surface area contributed by atoms with Crippen LogP contribution in [-0.4, -0.2) is 26.5 Å². The Kier molecular flexibility index (Phi) is 3.78. The molecular formula is C4H7NO5. The highest BCUT2D eigenvalue weighted by atomic mass is 16.8. The summed E-state index contributed by atoms with van der Waals surface area (Å²) in [6, 6.07) is 0. The fourth-order valence-corrected chi connectivity index (χ4v) is 0.167. The van der Waals surface area contributed by atoms with Crippen molar-refractivity contribution in [3.05, 3.63) is 0 Å². The molecule has 6 heteroatoms. The van der Waals surface area contributed by atoms with Crippen LogP contribution in [0, 0.1) is 0 Å². The zero-order valence-corrected chi connectivity index (χ0v) is 5.54. The Bertz CT molecular complexity index is 118. The molecule has 0 atom stereocenters. The summed E-state index contributed by atoms with van der Waals surface area (Å²) in [5.74, 6) is 0. The van der Waals surface area contributed by atoms with E-state index in [1.54, 1.807) is 5.48 Å². The van der Waals surface area contributed by atoms with Gasteiger partial charge >= 0.3 is 12.2 Å². The fraction of sp³-hybridized carbons (Fsp3) is 0.500. The minimum absolute atomic E-state index is 0.870. The Hall–Kier alpha value is -1.46. The van der Waals surface area contributed by atoms with Crippen LogP contribution in [-0.2, 0) is 14.3 Å². The number of rotatable bonds is 0. The van der Waals surface area contributed by atoms with Gasteiger partial charge < -0.3 is 14.3 Å². The molecule has 1 amide bonds. The molecule has 0 spiro atoms. The van der Waals surface area contributed by atoms with Gasteiger partial charge in [0, 0.05) is 0 Å². The van der Waals surface area contributed by atoms with E-state index in [-0.39, 0.29) is 0 Å². The Morgan fingerprint density at radius 3 is 2.20 bits per heavy atom. The molecule has 0 saturated carbocycles. The molecule has 0 aromatic carbocycles. The van der Waals surface area contributed by atoms with E-state index in [1.807, 2.05) is 0 Å². The van der Waals surface area contributed by atoms with E-state index < -0.39 is 12.2 Å². The van der Waals surface area contributed by atoms with Gasteiger partial charge in [-0.25, -0.2) is 9.59 Å². The first-order chi connectivity index (χ1) is 4.70. The molecular weight excluding hydrogens is 142 g/mol. The second kappa shape index (κ2) is 4.42. The van der Waals surface area contributed by atoms with Gasteiger partial charge in [0.2, 0.25) is 0 Å². The van der Waals surface area contributed by atoms with E-state index in [2.05, 4.69) is 14.3 Å². The van der Waals surface area contributed by atoms with E-state index in [1.165, 1.54) is 0 Å². The number of carbonyl (C=O) groups is 2. The molecule has 0 aliphatic carbocycles. The molecule has 0 aromatic heterocycles. The minimum atomic E-state index is -1.01. The van der Waals surface area contributed by atoms with Gasteiger partial charge in [-0.3, -0.25) is 0 Å². The van der Waals surface area contributed by atoms with Gasteiger partial charge in [-0.2, -0.15) is 0 Å². The maximum Gasteiger partial charge on any atom is 0.533 e. The van der Waals surface area contributed by atoms with Crippen LogP contribution >= 0.6 is 0 Å². The third-order valence-corrected chi connectivity index (χ3v) is 0.570. The van der Waals surface area contributed by atoms with Crippen LogP contribution in [0.4, 0.5) is 9.59 Å². The lowest BCUT2D eigenvalue weighted by molar-refractivity contribution is 0.0272. The third-order valence-electron chi connectivity index (χ3n) is 0.570. The predicted octanol–water partition coefficient (Wildman–Crippen LogP) is 0.0404. The van der Waals surface area contributed by atoms with Crippen LogP contribution in [0.2, 0.25) is 0 Å². The second-order valence-corrected chi connectivity index (χ2v) is 1.15. The smallest absolute Gasteiger partial charge is 0.451 e. The van der Waals surface area contributed by atoms with Crippen LogP contribution in [0.3, 0.4) is 0 Å². The average Bonchev–Trinajstić information content (AvgIpc) is 1.99. The Labute approximate surface area is 57.0 Å².